The Labute approximate surface area is 80.2 Å². The molecule has 0 aromatic carbocycles. The van der Waals surface area contributed by atoms with Crippen LogP contribution in [0.1, 0.15) is 12.8 Å². The van der Waals surface area contributed by atoms with Crippen LogP contribution in [0.5, 0.6) is 0 Å². The predicted molar refractivity (Wildman–Crippen MR) is 46.8 cm³/mol. The maximum atomic E-state index is 10.5. The summed E-state index contributed by atoms with van der Waals surface area (Å²) in [6.07, 6.45) is 1.13. The highest BCUT2D eigenvalue weighted by atomic mass is 35.7. The Balaban J connectivity index is 2.27. The van der Waals surface area contributed by atoms with Gasteiger partial charge in [0.25, 0.3) is 0 Å². The maximum absolute atomic E-state index is 10.5. The first kappa shape index (κ1) is 9.90. The number of hydrogen-bond donors (Lipinski definition) is 0. The molecule has 1 saturated carbocycles. The van der Waals surface area contributed by atoms with Gasteiger partial charge in [-0.15, -0.1) is 23.2 Å². The fourth-order valence-corrected chi connectivity index (χ4v) is 2.29. The van der Waals surface area contributed by atoms with Gasteiger partial charge in [-0.2, -0.15) is 0 Å². The molecule has 2 nitrogen and oxygen atoms in total. The molecular formula is C5H7Cl3O2S. The van der Waals surface area contributed by atoms with Gasteiger partial charge in [0.05, 0.1) is 5.75 Å². The highest BCUT2D eigenvalue weighted by Crippen LogP contribution is 2.55. The van der Waals surface area contributed by atoms with Crippen LogP contribution in [0.3, 0.4) is 0 Å². The normalized spacial score (nSPS) is 28.5. The van der Waals surface area contributed by atoms with Crippen LogP contribution in [0.2, 0.25) is 0 Å². The van der Waals surface area contributed by atoms with Gasteiger partial charge < -0.3 is 0 Å². The van der Waals surface area contributed by atoms with Crippen molar-refractivity contribution < 1.29 is 8.42 Å². The molecule has 0 amide bonds. The molecule has 1 aliphatic carbocycles. The molecule has 6 heteroatoms. The highest BCUT2D eigenvalue weighted by Gasteiger charge is 2.51. The van der Waals surface area contributed by atoms with E-state index in [1.807, 2.05) is 0 Å². The molecule has 0 N–H and O–H groups in total. The number of hydrogen-bond acceptors (Lipinski definition) is 2. The van der Waals surface area contributed by atoms with Crippen LogP contribution in [0.25, 0.3) is 0 Å². The molecule has 0 spiro atoms. The van der Waals surface area contributed by atoms with Crippen molar-refractivity contribution >= 4 is 42.9 Å². The molecule has 0 aliphatic heterocycles. The summed E-state index contributed by atoms with van der Waals surface area (Å²) in [6.45, 7) is 0. The monoisotopic (exact) mass is 236 g/mol. The van der Waals surface area contributed by atoms with Gasteiger partial charge in [-0.1, -0.05) is 0 Å². The zero-order chi connectivity index (χ0) is 8.70. The maximum Gasteiger partial charge on any atom is 0.232 e. The molecular weight excluding hydrogens is 230 g/mol. The van der Waals surface area contributed by atoms with Crippen LogP contribution in [-0.4, -0.2) is 18.5 Å². The molecule has 0 radical (unpaired) electrons. The number of alkyl halides is 2. The average Bonchev–Trinajstić information content (AvgIpc) is 2.33. The van der Waals surface area contributed by atoms with Crippen molar-refractivity contribution in [3.8, 4) is 0 Å². The van der Waals surface area contributed by atoms with Gasteiger partial charge in [0, 0.05) is 10.7 Å². The van der Waals surface area contributed by atoms with Crippen LogP contribution in [0.15, 0.2) is 0 Å². The molecule has 0 aromatic heterocycles. The Morgan fingerprint density at radius 2 is 1.91 bits per heavy atom. The van der Waals surface area contributed by atoms with Crippen molar-refractivity contribution in [2.75, 3.05) is 5.75 Å². The third-order valence-electron chi connectivity index (χ3n) is 1.67. The third kappa shape index (κ3) is 3.36. The van der Waals surface area contributed by atoms with Gasteiger partial charge in [0.2, 0.25) is 9.05 Å². The van der Waals surface area contributed by atoms with E-state index in [1.54, 1.807) is 0 Å². The molecule has 0 unspecified atom stereocenters. The zero-order valence-electron chi connectivity index (χ0n) is 5.56. The molecule has 0 heterocycles. The third-order valence-corrected chi connectivity index (χ3v) is 3.78. The Kier molecular flexibility index (Phi) is 2.65. The largest absolute Gasteiger partial charge is 0.232 e. The molecule has 0 aromatic rings. The highest BCUT2D eigenvalue weighted by molar-refractivity contribution is 8.13. The minimum Gasteiger partial charge on any atom is -0.212 e. The van der Waals surface area contributed by atoms with E-state index in [2.05, 4.69) is 0 Å². The van der Waals surface area contributed by atoms with Crippen molar-refractivity contribution in [3.05, 3.63) is 0 Å². The van der Waals surface area contributed by atoms with Crippen molar-refractivity contribution in [2.24, 2.45) is 5.92 Å². The molecule has 1 rings (SSSR count). The predicted octanol–water partition coefficient (Wildman–Crippen LogP) is 2.14. The Morgan fingerprint density at radius 3 is 2.18 bits per heavy atom. The summed E-state index contributed by atoms with van der Waals surface area (Å²) >= 11 is 11.3. The van der Waals surface area contributed by atoms with Crippen molar-refractivity contribution in [1.82, 2.24) is 0 Å². The summed E-state index contributed by atoms with van der Waals surface area (Å²) < 4.78 is 20.2. The van der Waals surface area contributed by atoms with Gasteiger partial charge in [-0.3, -0.25) is 0 Å². The van der Waals surface area contributed by atoms with E-state index in [0.29, 0.717) is 12.8 Å². The van der Waals surface area contributed by atoms with E-state index in [4.69, 9.17) is 33.9 Å². The van der Waals surface area contributed by atoms with Crippen LogP contribution in [-0.2, 0) is 9.05 Å². The van der Waals surface area contributed by atoms with E-state index in [0.717, 1.165) is 0 Å². The number of halogens is 3. The average molecular weight is 238 g/mol. The van der Waals surface area contributed by atoms with Crippen LogP contribution in [0, 0.1) is 5.92 Å². The van der Waals surface area contributed by atoms with Gasteiger partial charge in [-0.25, -0.2) is 8.42 Å². The number of rotatable bonds is 3. The topological polar surface area (TPSA) is 34.1 Å². The van der Waals surface area contributed by atoms with E-state index >= 15 is 0 Å². The quantitative estimate of drug-likeness (QED) is 0.557. The smallest absolute Gasteiger partial charge is 0.212 e. The lowest BCUT2D eigenvalue weighted by Gasteiger charge is -1.96. The van der Waals surface area contributed by atoms with Crippen LogP contribution in [0.4, 0.5) is 0 Å². The van der Waals surface area contributed by atoms with Gasteiger partial charge in [0.1, 0.15) is 4.33 Å². The summed E-state index contributed by atoms with van der Waals surface area (Å²) in [5, 5.41) is 0. The molecule has 1 atom stereocenters. The Bertz CT molecular complexity index is 246. The summed E-state index contributed by atoms with van der Waals surface area (Å²) in [7, 11) is 1.61. The summed E-state index contributed by atoms with van der Waals surface area (Å²) in [5.74, 6) is 0.0554. The minimum absolute atomic E-state index is 0.0413. The van der Waals surface area contributed by atoms with E-state index < -0.39 is 13.4 Å². The first-order valence-electron chi connectivity index (χ1n) is 3.11. The van der Waals surface area contributed by atoms with E-state index in [9.17, 15) is 8.42 Å². The van der Waals surface area contributed by atoms with E-state index in [-0.39, 0.29) is 11.7 Å². The van der Waals surface area contributed by atoms with Crippen molar-refractivity contribution in [3.63, 3.8) is 0 Å². The van der Waals surface area contributed by atoms with E-state index in [1.165, 1.54) is 0 Å². The zero-order valence-corrected chi connectivity index (χ0v) is 8.64. The van der Waals surface area contributed by atoms with Crippen molar-refractivity contribution in [1.29, 1.82) is 0 Å². The Hall–Kier alpha value is 0.820. The lowest BCUT2D eigenvalue weighted by molar-refractivity contribution is 0.603. The molecule has 11 heavy (non-hydrogen) atoms. The molecule has 1 fully saturated rings. The summed E-state index contributed by atoms with van der Waals surface area (Å²) in [5.41, 5.74) is 0. The Morgan fingerprint density at radius 1 is 1.45 bits per heavy atom. The lowest BCUT2D eigenvalue weighted by atomic mass is 10.3. The second-order valence-corrected chi connectivity index (χ2v) is 7.13. The SMILES string of the molecule is O=S(=O)(Cl)CC[C@H]1CC1(Cl)Cl. The standard InChI is InChI=1S/C5H7Cl3O2S/c6-5(7)3-4(5)1-2-11(8,9)10/h4H,1-3H2/t4-/m0/s1. The van der Waals surface area contributed by atoms with Crippen LogP contribution < -0.4 is 0 Å². The molecule has 0 saturated heterocycles. The van der Waals surface area contributed by atoms with Crippen molar-refractivity contribution in [2.45, 2.75) is 17.2 Å². The van der Waals surface area contributed by atoms with Gasteiger partial charge >= 0.3 is 0 Å². The fourth-order valence-electron chi connectivity index (χ4n) is 0.866. The molecule has 0 bridgehead atoms. The minimum atomic E-state index is -3.37. The molecule has 66 valence electrons. The second kappa shape index (κ2) is 2.95. The van der Waals surface area contributed by atoms with Gasteiger partial charge in [-0.05, 0) is 18.8 Å². The lowest BCUT2D eigenvalue weighted by Crippen LogP contribution is -2.00. The summed E-state index contributed by atoms with van der Waals surface area (Å²) in [6, 6.07) is 0. The fraction of sp³-hybridized carbons (Fsp3) is 1.00. The first-order valence-corrected chi connectivity index (χ1v) is 6.35. The second-order valence-electron chi connectivity index (χ2n) is 2.69. The first-order chi connectivity index (χ1) is 4.81. The summed E-state index contributed by atoms with van der Waals surface area (Å²) in [4.78, 5) is 0. The van der Waals surface area contributed by atoms with Crippen LogP contribution >= 0.6 is 33.9 Å². The molecule has 1 aliphatic rings. The van der Waals surface area contributed by atoms with Gasteiger partial charge in [0.15, 0.2) is 0 Å².